The Morgan fingerprint density at radius 2 is 2.22 bits per heavy atom. The second-order valence-electron chi connectivity index (χ2n) is 6.28. The van der Waals surface area contributed by atoms with Gasteiger partial charge in [0.15, 0.2) is 11.8 Å². The molecule has 0 radical (unpaired) electrons. The molecular weight excluding hydrogens is 479 g/mol. The van der Waals surface area contributed by atoms with Gasteiger partial charge in [0, 0.05) is 38.2 Å². The summed E-state index contributed by atoms with van der Waals surface area (Å²) in [6.45, 7) is 1.99. The average Bonchev–Trinajstić information content (AvgIpc) is 3.04. The number of benzene rings is 1. The molecule has 0 fully saturated rings. The number of halogens is 2. The third-order valence-electron chi connectivity index (χ3n) is 4.38. The summed E-state index contributed by atoms with van der Waals surface area (Å²) < 4.78 is 7.08. The van der Waals surface area contributed by atoms with Crippen LogP contribution in [0.1, 0.15) is 23.6 Å². The van der Waals surface area contributed by atoms with Crippen molar-refractivity contribution < 1.29 is 4.74 Å². The Bertz CT molecular complexity index is 766. The van der Waals surface area contributed by atoms with Crippen LogP contribution in [0.25, 0.3) is 0 Å². The number of aliphatic imine (C=N–C) groups is 1. The van der Waals surface area contributed by atoms with Crippen molar-refractivity contribution in [2.24, 2.45) is 4.99 Å². The Hall–Kier alpha value is -1.39. The lowest BCUT2D eigenvalue weighted by atomic mass is 10.1. The van der Waals surface area contributed by atoms with Crippen LogP contribution in [0.4, 0.5) is 0 Å². The van der Waals surface area contributed by atoms with Gasteiger partial charge in [0.25, 0.3) is 0 Å². The minimum absolute atomic E-state index is 0. The van der Waals surface area contributed by atoms with Crippen molar-refractivity contribution >= 4 is 41.5 Å². The van der Waals surface area contributed by atoms with Gasteiger partial charge in [0.1, 0.15) is 12.4 Å². The number of rotatable bonds is 6. The number of guanidine groups is 1. The highest BCUT2D eigenvalue weighted by Crippen LogP contribution is 2.15. The maximum atomic E-state index is 6.20. The molecule has 2 aromatic rings. The molecule has 0 saturated heterocycles. The number of aromatic nitrogens is 3. The van der Waals surface area contributed by atoms with Crippen molar-refractivity contribution in [3.63, 3.8) is 0 Å². The molecule has 0 saturated carbocycles. The average molecular weight is 505 g/mol. The summed E-state index contributed by atoms with van der Waals surface area (Å²) >= 11 is 6.20. The number of aryl methyl sites for hydroxylation is 1. The van der Waals surface area contributed by atoms with Crippen molar-refractivity contribution in [2.75, 3.05) is 20.7 Å². The van der Waals surface area contributed by atoms with Crippen LogP contribution in [0.5, 0.6) is 0 Å². The van der Waals surface area contributed by atoms with E-state index in [1.54, 1.807) is 14.2 Å². The number of hydrogen-bond donors (Lipinski definition) is 2. The Morgan fingerprint density at radius 1 is 1.41 bits per heavy atom. The molecule has 1 aromatic carbocycles. The quantitative estimate of drug-likeness (QED) is 0.359. The molecule has 1 aliphatic heterocycles. The largest absolute Gasteiger partial charge is 0.377 e. The van der Waals surface area contributed by atoms with Crippen LogP contribution < -0.4 is 10.6 Å². The summed E-state index contributed by atoms with van der Waals surface area (Å²) in [5.74, 6) is 2.56. The zero-order valence-corrected chi connectivity index (χ0v) is 18.7. The van der Waals surface area contributed by atoms with Crippen molar-refractivity contribution in [3.8, 4) is 0 Å². The lowest BCUT2D eigenvalue weighted by Crippen LogP contribution is -2.47. The highest BCUT2D eigenvalue weighted by atomic mass is 127. The molecular formula is C18H26ClIN6O. The van der Waals surface area contributed by atoms with Crippen LogP contribution in [0.2, 0.25) is 5.02 Å². The topological polar surface area (TPSA) is 76.4 Å². The lowest BCUT2D eigenvalue weighted by Gasteiger charge is -2.25. The van der Waals surface area contributed by atoms with Crippen LogP contribution >= 0.6 is 35.6 Å². The van der Waals surface area contributed by atoms with E-state index in [1.165, 1.54) is 0 Å². The van der Waals surface area contributed by atoms with Gasteiger partial charge in [-0.3, -0.25) is 4.99 Å². The van der Waals surface area contributed by atoms with Crippen molar-refractivity contribution in [1.29, 1.82) is 0 Å². The summed E-state index contributed by atoms with van der Waals surface area (Å²) in [7, 11) is 3.44. The molecule has 2 N–H and O–H groups in total. The van der Waals surface area contributed by atoms with Gasteiger partial charge in [0.2, 0.25) is 0 Å². The van der Waals surface area contributed by atoms with E-state index < -0.39 is 0 Å². The third-order valence-corrected chi connectivity index (χ3v) is 4.75. The molecule has 0 spiro atoms. The monoisotopic (exact) mass is 504 g/mol. The number of nitrogens with zero attached hydrogens (tertiary/aromatic N) is 4. The first-order chi connectivity index (χ1) is 12.7. The highest BCUT2D eigenvalue weighted by molar-refractivity contribution is 14.0. The van der Waals surface area contributed by atoms with Crippen LogP contribution in [-0.4, -0.2) is 47.5 Å². The highest BCUT2D eigenvalue weighted by Gasteiger charge is 2.22. The molecule has 0 amide bonds. The number of hydrogen-bond acceptors (Lipinski definition) is 4. The predicted octanol–water partition coefficient (Wildman–Crippen LogP) is 2.42. The first-order valence-corrected chi connectivity index (χ1v) is 9.19. The second-order valence-corrected chi connectivity index (χ2v) is 6.69. The molecule has 1 aromatic heterocycles. The van der Waals surface area contributed by atoms with Crippen LogP contribution in [0.3, 0.4) is 0 Å². The van der Waals surface area contributed by atoms with E-state index in [-0.39, 0.29) is 30.0 Å². The molecule has 7 nitrogen and oxygen atoms in total. The van der Waals surface area contributed by atoms with Crippen LogP contribution in [-0.2, 0) is 30.7 Å². The van der Waals surface area contributed by atoms with E-state index in [1.807, 2.05) is 28.9 Å². The molecule has 148 valence electrons. The number of nitrogens with one attached hydrogen (secondary N) is 2. The Labute approximate surface area is 182 Å². The molecule has 1 unspecified atom stereocenters. The van der Waals surface area contributed by atoms with E-state index >= 15 is 0 Å². The first kappa shape index (κ1) is 21.9. The van der Waals surface area contributed by atoms with Gasteiger partial charge in [-0.1, -0.05) is 29.8 Å². The summed E-state index contributed by atoms with van der Waals surface area (Å²) in [5.41, 5.74) is 1.13. The number of ether oxygens (including phenoxy) is 1. The van der Waals surface area contributed by atoms with Gasteiger partial charge in [-0.15, -0.1) is 24.0 Å². The molecule has 0 aliphatic carbocycles. The smallest absolute Gasteiger partial charge is 0.191 e. The molecule has 1 atom stereocenters. The maximum Gasteiger partial charge on any atom is 0.191 e. The number of fused-ring (bicyclic) bond motifs is 1. The van der Waals surface area contributed by atoms with E-state index in [2.05, 4.69) is 25.7 Å². The van der Waals surface area contributed by atoms with Gasteiger partial charge >= 0.3 is 0 Å². The normalized spacial score (nSPS) is 16.4. The van der Waals surface area contributed by atoms with Gasteiger partial charge in [-0.25, -0.2) is 9.67 Å². The fraction of sp³-hybridized carbons (Fsp3) is 0.500. The van der Waals surface area contributed by atoms with E-state index in [0.29, 0.717) is 6.61 Å². The Balaban J connectivity index is 0.00000261. The van der Waals surface area contributed by atoms with Crippen LogP contribution in [0.15, 0.2) is 29.3 Å². The third kappa shape index (κ3) is 6.05. The zero-order chi connectivity index (χ0) is 18.4. The summed E-state index contributed by atoms with van der Waals surface area (Å²) in [6.07, 6.45) is 2.74. The molecule has 1 aliphatic rings. The van der Waals surface area contributed by atoms with Crippen molar-refractivity contribution in [1.82, 2.24) is 25.4 Å². The fourth-order valence-electron chi connectivity index (χ4n) is 3.07. The van der Waals surface area contributed by atoms with E-state index in [9.17, 15) is 0 Å². The van der Waals surface area contributed by atoms with Crippen LogP contribution in [0, 0.1) is 0 Å². The predicted molar refractivity (Wildman–Crippen MR) is 118 cm³/mol. The van der Waals surface area contributed by atoms with Crippen molar-refractivity contribution in [3.05, 3.63) is 46.5 Å². The first-order valence-electron chi connectivity index (χ1n) is 8.81. The van der Waals surface area contributed by atoms with Gasteiger partial charge in [0.05, 0.1) is 6.54 Å². The molecule has 2 heterocycles. The van der Waals surface area contributed by atoms with E-state index in [0.717, 1.165) is 60.5 Å². The Morgan fingerprint density at radius 3 is 2.96 bits per heavy atom. The minimum Gasteiger partial charge on any atom is -0.377 e. The molecule has 27 heavy (non-hydrogen) atoms. The second kappa shape index (κ2) is 10.8. The minimum atomic E-state index is 0. The van der Waals surface area contributed by atoms with Gasteiger partial charge in [-0.2, -0.15) is 5.10 Å². The van der Waals surface area contributed by atoms with E-state index in [4.69, 9.17) is 16.3 Å². The molecule has 0 bridgehead atoms. The maximum absolute atomic E-state index is 6.20. The number of methoxy groups -OCH3 is 1. The fourth-order valence-corrected chi connectivity index (χ4v) is 3.30. The summed E-state index contributed by atoms with van der Waals surface area (Å²) in [4.78, 5) is 8.83. The SMILES string of the molecule is CN=C(NCCc1ccccc1Cl)NC1CCc2nc(COC)nn2C1.I. The Kier molecular flexibility index (Phi) is 8.78. The lowest BCUT2D eigenvalue weighted by molar-refractivity contribution is 0.177. The summed E-state index contributed by atoms with van der Waals surface area (Å²) in [5, 5.41) is 12.1. The van der Waals surface area contributed by atoms with Crippen molar-refractivity contribution in [2.45, 2.75) is 38.5 Å². The molecule has 3 rings (SSSR count). The van der Waals surface area contributed by atoms with Gasteiger partial charge < -0.3 is 15.4 Å². The molecule has 9 heteroatoms. The summed E-state index contributed by atoms with van der Waals surface area (Å²) in [6, 6.07) is 8.18. The standard InChI is InChI=1S/C18H25ClN6O.HI/c1-20-18(21-10-9-13-5-3-4-6-15(13)19)22-14-7-8-17-23-16(12-26-2)24-25(17)11-14;/h3-6,14H,7-12H2,1-2H3,(H2,20,21,22);1H. The zero-order valence-electron chi connectivity index (χ0n) is 15.6. The van der Waals surface area contributed by atoms with Gasteiger partial charge in [-0.05, 0) is 24.5 Å².